The van der Waals surface area contributed by atoms with E-state index < -0.39 is 0 Å². The van der Waals surface area contributed by atoms with Crippen molar-refractivity contribution >= 4 is 0 Å². The van der Waals surface area contributed by atoms with E-state index in [1.165, 1.54) is 0 Å². The SMILES string of the molecule is Cc1ccc(O)c(-c2nc(-c3ccccc3O)n3c2CCC3)n1. The van der Waals surface area contributed by atoms with Gasteiger partial charge in [0.1, 0.15) is 28.7 Å². The minimum atomic E-state index is 0.132. The van der Waals surface area contributed by atoms with Gasteiger partial charge in [-0.1, -0.05) is 12.1 Å². The van der Waals surface area contributed by atoms with Gasteiger partial charge in [-0.3, -0.25) is 0 Å². The van der Waals surface area contributed by atoms with Crippen molar-refractivity contribution in [1.29, 1.82) is 0 Å². The van der Waals surface area contributed by atoms with Gasteiger partial charge in [0.25, 0.3) is 0 Å². The Kier molecular flexibility index (Phi) is 3.08. The molecular formula is C18H17N3O2. The lowest BCUT2D eigenvalue weighted by atomic mass is 10.1. The fourth-order valence-corrected chi connectivity index (χ4v) is 3.17. The van der Waals surface area contributed by atoms with Gasteiger partial charge in [0.05, 0.1) is 5.56 Å². The van der Waals surface area contributed by atoms with Crippen molar-refractivity contribution in [3.63, 3.8) is 0 Å². The molecule has 2 aromatic heterocycles. The molecule has 0 radical (unpaired) electrons. The van der Waals surface area contributed by atoms with E-state index >= 15 is 0 Å². The molecule has 0 unspecified atom stereocenters. The molecule has 0 saturated carbocycles. The highest BCUT2D eigenvalue weighted by atomic mass is 16.3. The first-order chi connectivity index (χ1) is 11.1. The molecule has 0 saturated heterocycles. The lowest BCUT2D eigenvalue weighted by Crippen LogP contribution is -1.96. The van der Waals surface area contributed by atoms with Crippen molar-refractivity contribution in [2.75, 3.05) is 0 Å². The summed E-state index contributed by atoms with van der Waals surface area (Å²) in [6, 6.07) is 10.6. The number of benzene rings is 1. The van der Waals surface area contributed by atoms with Crippen molar-refractivity contribution in [2.45, 2.75) is 26.3 Å². The number of para-hydroxylation sites is 1. The summed E-state index contributed by atoms with van der Waals surface area (Å²) in [6.45, 7) is 2.75. The van der Waals surface area contributed by atoms with Crippen LogP contribution in [0.1, 0.15) is 17.8 Å². The average molecular weight is 307 g/mol. The van der Waals surface area contributed by atoms with Crippen molar-refractivity contribution in [1.82, 2.24) is 14.5 Å². The molecule has 116 valence electrons. The first-order valence-corrected chi connectivity index (χ1v) is 7.70. The molecule has 5 heteroatoms. The second kappa shape index (κ2) is 5.12. The first kappa shape index (κ1) is 13.8. The van der Waals surface area contributed by atoms with Gasteiger partial charge in [-0.25, -0.2) is 9.97 Å². The monoisotopic (exact) mass is 307 g/mol. The Bertz CT molecular complexity index is 899. The molecule has 1 aromatic carbocycles. The second-order valence-corrected chi connectivity index (χ2v) is 5.82. The van der Waals surface area contributed by atoms with Crippen molar-refractivity contribution in [3.05, 3.63) is 47.8 Å². The topological polar surface area (TPSA) is 71.2 Å². The fraction of sp³-hybridized carbons (Fsp3) is 0.222. The van der Waals surface area contributed by atoms with E-state index in [1.807, 2.05) is 19.1 Å². The van der Waals surface area contributed by atoms with E-state index in [2.05, 4.69) is 9.55 Å². The Labute approximate surface area is 133 Å². The molecule has 0 amide bonds. The number of fused-ring (bicyclic) bond motifs is 1. The molecule has 3 heterocycles. The third kappa shape index (κ3) is 2.16. The Morgan fingerprint density at radius 3 is 2.61 bits per heavy atom. The molecule has 5 nitrogen and oxygen atoms in total. The molecule has 3 aromatic rings. The highest BCUT2D eigenvalue weighted by Gasteiger charge is 2.26. The predicted octanol–water partition coefficient (Wildman–Crippen LogP) is 3.28. The van der Waals surface area contributed by atoms with Crippen LogP contribution in [-0.2, 0) is 13.0 Å². The van der Waals surface area contributed by atoms with E-state index in [-0.39, 0.29) is 11.5 Å². The minimum absolute atomic E-state index is 0.132. The van der Waals surface area contributed by atoms with Crippen molar-refractivity contribution in [2.24, 2.45) is 0 Å². The minimum Gasteiger partial charge on any atom is -0.507 e. The molecule has 4 rings (SSSR count). The van der Waals surface area contributed by atoms with E-state index in [0.29, 0.717) is 17.0 Å². The van der Waals surface area contributed by atoms with Gasteiger partial charge in [0.15, 0.2) is 0 Å². The van der Waals surface area contributed by atoms with Gasteiger partial charge >= 0.3 is 0 Å². The standard InChI is InChI=1S/C18H17N3O2/c1-11-8-9-15(23)17(19-11)16-13-6-4-10-21(13)18(20-16)12-5-2-3-7-14(12)22/h2-3,5,7-9,22-23H,4,6,10H2,1H3. The van der Waals surface area contributed by atoms with Gasteiger partial charge in [0.2, 0.25) is 0 Å². The van der Waals surface area contributed by atoms with Crippen LogP contribution in [0.4, 0.5) is 0 Å². The van der Waals surface area contributed by atoms with Crippen LogP contribution in [0.3, 0.4) is 0 Å². The summed E-state index contributed by atoms with van der Waals surface area (Å²) in [7, 11) is 0. The number of phenolic OH excluding ortho intramolecular Hbond substituents is 1. The molecule has 0 atom stereocenters. The highest BCUT2D eigenvalue weighted by Crippen LogP contribution is 2.38. The summed E-state index contributed by atoms with van der Waals surface area (Å²) >= 11 is 0. The summed E-state index contributed by atoms with van der Waals surface area (Å²) < 4.78 is 2.12. The van der Waals surface area contributed by atoms with Crippen LogP contribution in [-0.4, -0.2) is 24.7 Å². The number of hydrogen-bond donors (Lipinski definition) is 2. The van der Waals surface area contributed by atoms with Crippen LogP contribution in [0.15, 0.2) is 36.4 Å². The summed E-state index contributed by atoms with van der Waals surface area (Å²) in [5.41, 5.74) is 3.83. The quantitative estimate of drug-likeness (QED) is 0.762. The number of phenols is 1. The zero-order valence-corrected chi connectivity index (χ0v) is 12.8. The summed E-state index contributed by atoms with van der Waals surface area (Å²) in [5.74, 6) is 1.07. The van der Waals surface area contributed by atoms with Gasteiger partial charge in [-0.05, 0) is 44.0 Å². The Balaban J connectivity index is 1.96. The molecule has 2 N–H and O–H groups in total. The number of aromatic hydroxyl groups is 2. The van der Waals surface area contributed by atoms with Crippen LogP contribution in [0.5, 0.6) is 11.5 Å². The predicted molar refractivity (Wildman–Crippen MR) is 87.3 cm³/mol. The van der Waals surface area contributed by atoms with Gasteiger partial charge < -0.3 is 14.8 Å². The third-order valence-corrected chi connectivity index (χ3v) is 4.25. The van der Waals surface area contributed by atoms with E-state index in [9.17, 15) is 10.2 Å². The van der Waals surface area contributed by atoms with Crippen LogP contribution < -0.4 is 0 Å². The second-order valence-electron chi connectivity index (χ2n) is 5.82. The zero-order chi connectivity index (χ0) is 16.0. The summed E-state index contributed by atoms with van der Waals surface area (Å²) in [6.07, 6.45) is 1.92. The van der Waals surface area contributed by atoms with E-state index in [0.717, 1.165) is 36.6 Å². The van der Waals surface area contributed by atoms with E-state index in [1.54, 1.807) is 24.3 Å². The molecule has 1 aliphatic heterocycles. The Morgan fingerprint density at radius 2 is 1.78 bits per heavy atom. The largest absolute Gasteiger partial charge is 0.507 e. The van der Waals surface area contributed by atoms with Crippen LogP contribution in [0, 0.1) is 6.92 Å². The number of rotatable bonds is 2. The fourth-order valence-electron chi connectivity index (χ4n) is 3.17. The van der Waals surface area contributed by atoms with Crippen LogP contribution in [0.2, 0.25) is 0 Å². The smallest absolute Gasteiger partial charge is 0.144 e. The van der Waals surface area contributed by atoms with Crippen molar-refractivity contribution in [3.8, 4) is 34.3 Å². The molecule has 0 spiro atoms. The average Bonchev–Trinajstić information content (AvgIpc) is 3.13. The van der Waals surface area contributed by atoms with Crippen LogP contribution in [0.25, 0.3) is 22.8 Å². The molecule has 0 bridgehead atoms. The molecule has 1 aliphatic rings. The number of aryl methyl sites for hydroxylation is 1. The zero-order valence-electron chi connectivity index (χ0n) is 12.8. The highest BCUT2D eigenvalue weighted by molar-refractivity contribution is 5.72. The number of imidazole rings is 1. The number of pyridine rings is 1. The maximum Gasteiger partial charge on any atom is 0.144 e. The van der Waals surface area contributed by atoms with Gasteiger partial charge in [-0.15, -0.1) is 0 Å². The maximum absolute atomic E-state index is 10.2. The number of nitrogens with zero attached hydrogens (tertiary/aromatic N) is 3. The molecular weight excluding hydrogens is 290 g/mol. The number of aromatic nitrogens is 3. The summed E-state index contributed by atoms with van der Waals surface area (Å²) in [5, 5.41) is 20.3. The lowest BCUT2D eigenvalue weighted by Gasteiger charge is -2.05. The van der Waals surface area contributed by atoms with Gasteiger partial charge in [0, 0.05) is 17.9 Å². The van der Waals surface area contributed by atoms with Crippen molar-refractivity contribution < 1.29 is 10.2 Å². The van der Waals surface area contributed by atoms with Crippen LogP contribution >= 0.6 is 0 Å². The first-order valence-electron chi connectivity index (χ1n) is 7.70. The van der Waals surface area contributed by atoms with Gasteiger partial charge in [-0.2, -0.15) is 0 Å². The Hall–Kier alpha value is -2.82. The third-order valence-electron chi connectivity index (χ3n) is 4.25. The molecule has 23 heavy (non-hydrogen) atoms. The Morgan fingerprint density at radius 1 is 0.957 bits per heavy atom. The van der Waals surface area contributed by atoms with E-state index in [4.69, 9.17) is 4.98 Å². The normalized spacial score (nSPS) is 13.3. The molecule has 0 fully saturated rings. The summed E-state index contributed by atoms with van der Waals surface area (Å²) in [4.78, 5) is 9.18. The maximum atomic E-state index is 10.2. The number of hydrogen-bond acceptors (Lipinski definition) is 4. The lowest BCUT2D eigenvalue weighted by molar-refractivity contribution is 0.474. The molecule has 0 aliphatic carbocycles.